The molecule has 0 spiro atoms. The Balaban J connectivity index is 1.87. The van der Waals surface area contributed by atoms with E-state index in [1.54, 1.807) is 29.2 Å². The van der Waals surface area contributed by atoms with E-state index in [-0.39, 0.29) is 11.7 Å². The maximum atomic E-state index is 12.4. The number of amides is 1. The summed E-state index contributed by atoms with van der Waals surface area (Å²) in [5, 5.41) is 0.501. The Hall–Kier alpha value is -2.39. The van der Waals surface area contributed by atoms with Crippen LogP contribution in [0.2, 0.25) is 5.02 Å². The first-order valence-corrected chi connectivity index (χ1v) is 7.40. The summed E-state index contributed by atoms with van der Waals surface area (Å²) in [6.07, 6.45) is 3.62. The molecule has 0 unspecified atom stereocenters. The second-order valence-electron chi connectivity index (χ2n) is 5.07. The number of Topliss-reactive ketones (excluding diaryl/α,β-unsaturated/α-hetero) is 1. The van der Waals surface area contributed by atoms with Gasteiger partial charge in [-0.05, 0) is 29.8 Å². The predicted octanol–water partition coefficient (Wildman–Crippen LogP) is 3.97. The number of benzene rings is 2. The monoisotopic (exact) mass is 311 g/mol. The van der Waals surface area contributed by atoms with E-state index in [9.17, 15) is 9.59 Å². The molecule has 1 amide bonds. The van der Waals surface area contributed by atoms with Gasteiger partial charge in [0.05, 0.1) is 5.69 Å². The quantitative estimate of drug-likeness (QED) is 0.787. The third-order valence-corrected chi connectivity index (χ3v) is 3.83. The van der Waals surface area contributed by atoms with Crippen LogP contribution >= 0.6 is 11.6 Å². The van der Waals surface area contributed by atoms with Crippen LogP contribution in [0, 0.1) is 0 Å². The Morgan fingerprint density at radius 3 is 2.68 bits per heavy atom. The fourth-order valence-corrected chi connectivity index (χ4v) is 2.66. The number of nitrogens with zero attached hydrogens (tertiary/aromatic N) is 1. The van der Waals surface area contributed by atoms with E-state index in [4.69, 9.17) is 11.6 Å². The molecule has 4 heteroatoms. The largest absolute Gasteiger partial charge is 0.308 e. The molecule has 3 rings (SSSR count). The number of ketones is 1. The van der Waals surface area contributed by atoms with E-state index in [1.165, 1.54) is 6.08 Å². The van der Waals surface area contributed by atoms with E-state index in [2.05, 4.69) is 0 Å². The molecule has 0 aromatic heterocycles. The zero-order chi connectivity index (χ0) is 15.5. The molecule has 2 aromatic rings. The molecule has 0 aliphatic carbocycles. The van der Waals surface area contributed by atoms with Crippen molar-refractivity contribution in [2.75, 3.05) is 11.4 Å². The molecule has 0 radical (unpaired) electrons. The van der Waals surface area contributed by atoms with Crippen molar-refractivity contribution in [3.63, 3.8) is 0 Å². The first-order chi connectivity index (χ1) is 10.6. The van der Waals surface area contributed by atoms with Crippen molar-refractivity contribution in [3.05, 3.63) is 70.8 Å². The van der Waals surface area contributed by atoms with Crippen molar-refractivity contribution < 1.29 is 9.59 Å². The summed E-state index contributed by atoms with van der Waals surface area (Å²) in [6.45, 7) is 0.394. The number of halogens is 1. The highest BCUT2D eigenvalue weighted by atomic mass is 35.5. The van der Waals surface area contributed by atoms with Crippen LogP contribution in [0.1, 0.15) is 22.3 Å². The summed E-state index contributed by atoms with van der Waals surface area (Å²) in [5.41, 5.74) is 2.10. The van der Waals surface area contributed by atoms with Crippen LogP contribution in [0.4, 0.5) is 5.69 Å². The fraction of sp³-hybridized carbons (Fsp3) is 0.111. The zero-order valence-electron chi connectivity index (χ0n) is 11.8. The minimum Gasteiger partial charge on any atom is -0.308 e. The average Bonchev–Trinajstić information content (AvgIpc) is 2.54. The summed E-state index contributed by atoms with van der Waals surface area (Å²) in [4.78, 5) is 26.0. The van der Waals surface area contributed by atoms with Crippen LogP contribution in [0.15, 0.2) is 54.6 Å². The van der Waals surface area contributed by atoms with Crippen molar-refractivity contribution in [2.24, 2.45) is 0 Å². The van der Waals surface area contributed by atoms with Gasteiger partial charge in [0.2, 0.25) is 0 Å². The molecule has 0 saturated carbocycles. The molecule has 0 N–H and O–H groups in total. The first kappa shape index (κ1) is 14.5. The lowest BCUT2D eigenvalue weighted by atomic mass is 10.0. The number of anilines is 1. The molecule has 1 heterocycles. The van der Waals surface area contributed by atoms with E-state index < -0.39 is 0 Å². The Morgan fingerprint density at radius 1 is 1.14 bits per heavy atom. The highest BCUT2D eigenvalue weighted by Gasteiger charge is 2.26. The average molecular weight is 312 g/mol. The lowest BCUT2D eigenvalue weighted by molar-refractivity contribution is -0.114. The van der Waals surface area contributed by atoms with Gasteiger partial charge in [0.25, 0.3) is 5.91 Å². The summed E-state index contributed by atoms with van der Waals surface area (Å²) in [6, 6.07) is 14.7. The number of rotatable bonds is 2. The van der Waals surface area contributed by atoms with Gasteiger partial charge < -0.3 is 4.90 Å². The van der Waals surface area contributed by atoms with E-state index >= 15 is 0 Å². The van der Waals surface area contributed by atoms with Gasteiger partial charge in [0, 0.05) is 29.6 Å². The highest BCUT2D eigenvalue weighted by molar-refractivity contribution is 6.31. The van der Waals surface area contributed by atoms with Crippen LogP contribution < -0.4 is 4.90 Å². The Morgan fingerprint density at radius 2 is 1.91 bits per heavy atom. The van der Waals surface area contributed by atoms with Crippen LogP contribution in [-0.2, 0) is 4.79 Å². The smallest absolute Gasteiger partial charge is 0.251 e. The van der Waals surface area contributed by atoms with Crippen molar-refractivity contribution in [3.8, 4) is 0 Å². The third kappa shape index (κ3) is 2.95. The van der Waals surface area contributed by atoms with Crippen molar-refractivity contribution in [1.82, 2.24) is 0 Å². The fourth-order valence-electron chi connectivity index (χ4n) is 2.49. The minimum absolute atomic E-state index is 0.0218. The molecule has 0 bridgehead atoms. The van der Waals surface area contributed by atoms with Gasteiger partial charge >= 0.3 is 0 Å². The van der Waals surface area contributed by atoms with Gasteiger partial charge in [-0.15, -0.1) is 0 Å². The number of carbonyl (C=O) groups excluding carboxylic acids is 2. The zero-order valence-corrected chi connectivity index (χ0v) is 12.6. The number of carbonyl (C=O) groups is 2. The second kappa shape index (κ2) is 6.16. The van der Waals surface area contributed by atoms with E-state index in [0.29, 0.717) is 29.2 Å². The van der Waals surface area contributed by atoms with Gasteiger partial charge in [-0.1, -0.05) is 41.9 Å². The summed E-state index contributed by atoms with van der Waals surface area (Å²) < 4.78 is 0. The van der Waals surface area contributed by atoms with E-state index in [0.717, 1.165) is 5.56 Å². The lowest BCUT2D eigenvalue weighted by Gasteiger charge is -2.27. The van der Waals surface area contributed by atoms with Crippen LogP contribution in [-0.4, -0.2) is 18.2 Å². The topological polar surface area (TPSA) is 37.4 Å². The maximum Gasteiger partial charge on any atom is 0.251 e. The van der Waals surface area contributed by atoms with E-state index in [1.807, 2.05) is 30.3 Å². The Bertz CT molecular complexity index is 753. The molecule has 0 atom stereocenters. The third-order valence-electron chi connectivity index (χ3n) is 3.60. The molecule has 2 aromatic carbocycles. The molecular weight excluding hydrogens is 298 g/mol. The first-order valence-electron chi connectivity index (χ1n) is 7.02. The molecule has 0 saturated heterocycles. The number of hydrogen-bond acceptors (Lipinski definition) is 2. The summed E-state index contributed by atoms with van der Waals surface area (Å²) >= 11 is 5.94. The second-order valence-corrected chi connectivity index (χ2v) is 5.50. The molecule has 1 aliphatic heterocycles. The van der Waals surface area contributed by atoms with Crippen LogP contribution in [0.3, 0.4) is 0 Å². The molecular formula is C18H14ClNO2. The number of hydrogen-bond donors (Lipinski definition) is 0. The molecule has 22 heavy (non-hydrogen) atoms. The van der Waals surface area contributed by atoms with Gasteiger partial charge in [0.15, 0.2) is 5.78 Å². The molecule has 110 valence electrons. The van der Waals surface area contributed by atoms with Gasteiger partial charge in [-0.2, -0.15) is 0 Å². The SMILES string of the molecule is O=C1CCN(C(=O)/C=C/c2ccccc2)c2ccc(Cl)cc21. The Kier molecular flexibility index (Phi) is 4.07. The molecule has 0 fully saturated rings. The minimum atomic E-state index is -0.139. The van der Waals surface area contributed by atoms with Crippen LogP contribution in [0.5, 0.6) is 0 Å². The normalized spacial score (nSPS) is 14.2. The van der Waals surface area contributed by atoms with Crippen molar-refractivity contribution in [1.29, 1.82) is 0 Å². The summed E-state index contributed by atoms with van der Waals surface area (Å²) in [5.74, 6) is -0.117. The van der Waals surface area contributed by atoms with Gasteiger partial charge in [0.1, 0.15) is 0 Å². The Labute approximate surface area is 133 Å². The lowest BCUT2D eigenvalue weighted by Crippen LogP contribution is -2.36. The van der Waals surface area contributed by atoms with Crippen molar-refractivity contribution >= 4 is 35.1 Å². The highest BCUT2D eigenvalue weighted by Crippen LogP contribution is 2.29. The molecule has 3 nitrogen and oxygen atoms in total. The van der Waals surface area contributed by atoms with Crippen LogP contribution in [0.25, 0.3) is 6.08 Å². The molecule has 1 aliphatic rings. The van der Waals surface area contributed by atoms with Crippen molar-refractivity contribution in [2.45, 2.75) is 6.42 Å². The summed E-state index contributed by atoms with van der Waals surface area (Å²) in [7, 11) is 0. The van der Waals surface area contributed by atoms with Gasteiger partial charge in [-0.25, -0.2) is 0 Å². The predicted molar refractivity (Wildman–Crippen MR) is 88.2 cm³/mol. The van der Waals surface area contributed by atoms with Gasteiger partial charge in [-0.3, -0.25) is 9.59 Å². The number of fused-ring (bicyclic) bond motifs is 1. The maximum absolute atomic E-state index is 12.4. The standard InChI is InChI=1S/C18H14ClNO2/c19-14-7-8-16-15(12-14)17(21)10-11-20(16)18(22)9-6-13-4-2-1-3-5-13/h1-9,12H,10-11H2/b9-6+.